The van der Waals surface area contributed by atoms with Gasteiger partial charge in [-0.3, -0.25) is 4.98 Å². The Hall–Kier alpha value is -2.10. The number of nitrogens with zero attached hydrogens (tertiary/aromatic N) is 2. The maximum absolute atomic E-state index is 5.61. The lowest BCUT2D eigenvalue weighted by Crippen LogP contribution is -2.08. The molecule has 4 nitrogen and oxygen atoms in total. The normalized spacial score (nSPS) is 12.1. The Labute approximate surface area is 94.5 Å². The number of aromatic nitrogens is 2. The second kappa shape index (κ2) is 4.61. The summed E-state index contributed by atoms with van der Waals surface area (Å²) in [4.78, 5) is 8.23. The standard InChI is InChI=1S/C12H14N4/c1-9(11-4-2-3-6-14-11)16-10-5-7-15-12(13)8-10/h2-9H,1H3,(H3,13,15,16). The molecule has 1 atom stereocenters. The van der Waals surface area contributed by atoms with Crippen LogP contribution in [0.15, 0.2) is 42.7 Å². The van der Waals surface area contributed by atoms with Crippen LogP contribution in [0.25, 0.3) is 0 Å². The lowest BCUT2D eigenvalue weighted by Gasteiger charge is -2.14. The highest BCUT2D eigenvalue weighted by Crippen LogP contribution is 2.17. The Balaban J connectivity index is 2.11. The van der Waals surface area contributed by atoms with Crippen molar-refractivity contribution in [3.8, 4) is 0 Å². The molecule has 0 spiro atoms. The largest absolute Gasteiger partial charge is 0.384 e. The molecule has 0 bridgehead atoms. The van der Waals surface area contributed by atoms with Crippen LogP contribution in [0.2, 0.25) is 0 Å². The van der Waals surface area contributed by atoms with Crippen molar-refractivity contribution in [2.75, 3.05) is 11.1 Å². The summed E-state index contributed by atoms with van der Waals surface area (Å²) in [5.41, 5.74) is 7.55. The lowest BCUT2D eigenvalue weighted by molar-refractivity contribution is 0.839. The number of rotatable bonds is 3. The van der Waals surface area contributed by atoms with E-state index >= 15 is 0 Å². The zero-order chi connectivity index (χ0) is 11.4. The van der Waals surface area contributed by atoms with Gasteiger partial charge in [-0.2, -0.15) is 0 Å². The van der Waals surface area contributed by atoms with Crippen LogP contribution in [0, 0.1) is 0 Å². The van der Waals surface area contributed by atoms with E-state index in [0.29, 0.717) is 5.82 Å². The molecule has 2 heterocycles. The fourth-order valence-corrected chi connectivity index (χ4v) is 1.49. The van der Waals surface area contributed by atoms with Gasteiger partial charge in [0.1, 0.15) is 5.82 Å². The Morgan fingerprint density at radius 2 is 2.06 bits per heavy atom. The average molecular weight is 214 g/mol. The molecular weight excluding hydrogens is 200 g/mol. The van der Waals surface area contributed by atoms with Crippen molar-refractivity contribution >= 4 is 11.5 Å². The quantitative estimate of drug-likeness (QED) is 0.822. The molecule has 2 aromatic rings. The monoisotopic (exact) mass is 214 g/mol. The number of hydrogen-bond acceptors (Lipinski definition) is 4. The first-order valence-electron chi connectivity index (χ1n) is 5.15. The molecule has 0 amide bonds. The van der Waals surface area contributed by atoms with E-state index in [1.54, 1.807) is 18.5 Å². The molecule has 2 aromatic heterocycles. The molecule has 3 N–H and O–H groups in total. The van der Waals surface area contributed by atoms with Crippen molar-refractivity contribution in [3.05, 3.63) is 48.4 Å². The zero-order valence-corrected chi connectivity index (χ0v) is 9.09. The van der Waals surface area contributed by atoms with E-state index in [-0.39, 0.29) is 6.04 Å². The maximum atomic E-state index is 5.61. The summed E-state index contributed by atoms with van der Waals surface area (Å²) in [5.74, 6) is 0.512. The van der Waals surface area contributed by atoms with Gasteiger partial charge in [0.05, 0.1) is 11.7 Å². The van der Waals surface area contributed by atoms with Gasteiger partial charge < -0.3 is 11.1 Å². The molecule has 0 aliphatic rings. The first-order valence-corrected chi connectivity index (χ1v) is 5.15. The van der Waals surface area contributed by atoms with E-state index in [9.17, 15) is 0 Å². The van der Waals surface area contributed by atoms with Crippen molar-refractivity contribution in [3.63, 3.8) is 0 Å². The van der Waals surface area contributed by atoms with Crippen LogP contribution in [-0.2, 0) is 0 Å². The summed E-state index contributed by atoms with van der Waals surface area (Å²) >= 11 is 0. The predicted octanol–water partition coefficient (Wildman–Crippen LogP) is 2.23. The van der Waals surface area contributed by atoms with Crippen LogP contribution >= 0.6 is 0 Å². The molecule has 4 heteroatoms. The van der Waals surface area contributed by atoms with Crippen molar-refractivity contribution in [2.24, 2.45) is 0 Å². The van der Waals surface area contributed by atoms with Crippen LogP contribution < -0.4 is 11.1 Å². The third-order valence-corrected chi connectivity index (χ3v) is 2.30. The van der Waals surface area contributed by atoms with Crippen molar-refractivity contribution in [1.29, 1.82) is 0 Å². The first kappa shape index (κ1) is 10.4. The molecule has 0 aromatic carbocycles. The molecular formula is C12H14N4. The van der Waals surface area contributed by atoms with Gasteiger partial charge in [0.2, 0.25) is 0 Å². The van der Waals surface area contributed by atoms with Crippen molar-refractivity contribution in [1.82, 2.24) is 9.97 Å². The van der Waals surface area contributed by atoms with E-state index in [4.69, 9.17) is 5.73 Å². The number of nitrogens with one attached hydrogen (secondary N) is 1. The minimum absolute atomic E-state index is 0.142. The molecule has 16 heavy (non-hydrogen) atoms. The average Bonchev–Trinajstić information content (AvgIpc) is 2.30. The molecule has 82 valence electrons. The van der Waals surface area contributed by atoms with Gasteiger partial charge in [-0.1, -0.05) is 6.07 Å². The summed E-state index contributed by atoms with van der Waals surface area (Å²) in [6.07, 6.45) is 3.47. The Morgan fingerprint density at radius 1 is 1.19 bits per heavy atom. The van der Waals surface area contributed by atoms with E-state index in [2.05, 4.69) is 22.2 Å². The van der Waals surface area contributed by atoms with E-state index in [0.717, 1.165) is 11.4 Å². The van der Waals surface area contributed by atoms with Crippen LogP contribution in [0.4, 0.5) is 11.5 Å². The Morgan fingerprint density at radius 3 is 2.75 bits per heavy atom. The van der Waals surface area contributed by atoms with Gasteiger partial charge >= 0.3 is 0 Å². The third-order valence-electron chi connectivity index (χ3n) is 2.30. The summed E-state index contributed by atoms with van der Waals surface area (Å²) < 4.78 is 0. The summed E-state index contributed by atoms with van der Waals surface area (Å²) in [6.45, 7) is 2.05. The molecule has 0 saturated heterocycles. The molecule has 1 unspecified atom stereocenters. The minimum atomic E-state index is 0.142. The SMILES string of the molecule is CC(Nc1ccnc(N)c1)c1ccccn1. The topological polar surface area (TPSA) is 63.8 Å². The highest BCUT2D eigenvalue weighted by molar-refractivity contribution is 5.50. The fraction of sp³-hybridized carbons (Fsp3) is 0.167. The van der Waals surface area contributed by atoms with Crippen LogP contribution in [0.5, 0.6) is 0 Å². The van der Waals surface area contributed by atoms with E-state index < -0.39 is 0 Å². The van der Waals surface area contributed by atoms with Gasteiger partial charge in [-0.05, 0) is 25.1 Å². The van der Waals surface area contributed by atoms with Crippen molar-refractivity contribution in [2.45, 2.75) is 13.0 Å². The lowest BCUT2D eigenvalue weighted by atomic mass is 10.2. The third kappa shape index (κ3) is 2.48. The highest BCUT2D eigenvalue weighted by Gasteiger charge is 2.05. The Kier molecular flexibility index (Phi) is 3.00. The number of pyridine rings is 2. The second-order valence-corrected chi connectivity index (χ2v) is 3.59. The van der Waals surface area contributed by atoms with Gasteiger partial charge in [-0.25, -0.2) is 4.98 Å². The summed E-state index contributed by atoms with van der Waals surface area (Å²) in [5, 5.41) is 3.32. The smallest absolute Gasteiger partial charge is 0.125 e. The molecule has 0 saturated carbocycles. The molecule has 0 radical (unpaired) electrons. The molecule has 0 aliphatic heterocycles. The van der Waals surface area contributed by atoms with E-state index in [1.807, 2.05) is 24.3 Å². The van der Waals surface area contributed by atoms with Gasteiger partial charge in [0, 0.05) is 24.1 Å². The molecule has 0 fully saturated rings. The zero-order valence-electron chi connectivity index (χ0n) is 9.09. The van der Waals surface area contributed by atoms with Gasteiger partial charge in [-0.15, -0.1) is 0 Å². The Bertz CT molecular complexity index is 456. The molecule has 2 rings (SSSR count). The molecule has 0 aliphatic carbocycles. The van der Waals surface area contributed by atoms with E-state index in [1.165, 1.54) is 0 Å². The van der Waals surface area contributed by atoms with Gasteiger partial charge in [0.25, 0.3) is 0 Å². The van der Waals surface area contributed by atoms with Crippen LogP contribution in [-0.4, -0.2) is 9.97 Å². The van der Waals surface area contributed by atoms with Crippen LogP contribution in [0.3, 0.4) is 0 Å². The number of hydrogen-bond donors (Lipinski definition) is 2. The first-order chi connectivity index (χ1) is 7.75. The fourth-order valence-electron chi connectivity index (χ4n) is 1.49. The number of nitrogens with two attached hydrogens (primary N) is 1. The number of anilines is 2. The minimum Gasteiger partial charge on any atom is -0.384 e. The number of nitrogen functional groups attached to an aromatic ring is 1. The second-order valence-electron chi connectivity index (χ2n) is 3.59. The van der Waals surface area contributed by atoms with Crippen LogP contribution in [0.1, 0.15) is 18.7 Å². The highest BCUT2D eigenvalue weighted by atomic mass is 14.9. The predicted molar refractivity (Wildman–Crippen MR) is 64.9 cm³/mol. The summed E-state index contributed by atoms with van der Waals surface area (Å²) in [6, 6.07) is 9.70. The summed E-state index contributed by atoms with van der Waals surface area (Å²) in [7, 11) is 0. The van der Waals surface area contributed by atoms with Crippen molar-refractivity contribution < 1.29 is 0 Å². The maximum Gasteiger partial charge on any atom is 0.125 e. The van der Waals surface area contributed by atoms with Gasteiger partial charge in [0.15, 0.2) is 0 Å².